The first kappa shape index (κ1) is 24.5. The summed E-state index contributed by atoms with van der Waals surface area (Å²) in [6, 6.07) is 11.8. The number of hydrogen-bond donors (Lipinski definition) is 2. The van der Waals surface area contributed by atoms with Gasteiger partial charge < -0.3 is 9.84 Å². The minimum atomic E-state index is -4.53. The molecule has 2 N–H and O–H groups in total. The Kier molecular flexibility index (Phi) is 6.42. The number of carbonyl (C=O) groups is 1. The number of ether oxygens (including phenoxy) is 1. The van der Waals surface area contributed by atoms with Crippen LogP contribution in [-0.4, -0.2) is 22.3 Å². The van der Waals surface area contributed by atoms with Gasteiger partial charge in [-0.05, 0) is 63.8 Å². The molecule has 0 amide bonds. The molecule has 34 heavy (non-hydrogen) atoms. The Labute approximate surface area is 197 Å². The van der Waals surface area contributed by atoms with Crippen molar-refractivity contribution in [1.82, 2.24) is 5.48 Å². The van der Waals surface area contributed by atoms with Crippen molar-refractivity contribution in [1.29, 1.82) is 0 Å². The maximum Gasteiger partial charge on any atom is 0.416 e. The molecule has 8 heteroatoms. The standard InChI is InChI=1S/C26H30F3NO4/c1-24(2,3)33-23(32)18-10-7-13-25(22(18)16-8-5-4-6-9-16)15-20(30-34-25)19-14-17(26(27,28)29)11-12-21(19)31/h4-6,8-9,11-12,14,18,20,22,30-31H,7,10,13,15H2,1-3H3/t18?,20-,22-,25-/m1/s1. The Balaban J connectivity index is 1.70. The van der Waals surface area contributed by atoms with Crippen LogP contribution in [0.3, 0.4) is 0 Å². The summed E-state index contributed by atoms with van der Waals surface area (Å²) in [6.45, 7) is 5.46. The summed E-state index contributed by atoms with van der Waals surface area (Å²) in [7, 11) is 0. The Morgan fingerprint density at radius 1 is 1.15 bits per heavy atom. The molecule has 0 aromatic heterocycles. The Bertz CT molecular complexity index is 1030. The first-order chi connectivity index (χ1) is 15.9. The number of esters is 1. The molecule has 184 valence electrons. The van der Waals surface area contributed by atoms with E-state index in [4.69, 9.17) is 9.57 Å². The van der Waals surface area contributed by atoms with Crippen molar-refractivity contribution in [3.63, 3.8) is 0 Å². The van der Waals surface area contributed by atoms with E-state index >= 15 is 0 Å². The molecule has 5 nitrogen and oxygen atoms in total. The number of nitrogens with one attached hydrogen (secondary N) is 1. The van der Waals surface area contributed by atoms with Crippen LogP contribution in [0.1, 0.15) is 75.1 Å². The molecule has 1 spiro atoms. The second kappa shape index (κ2) is 8.89. The van der Waals surface area contributed by atoms with Gasteiger partial charge in [0.1, 0.15) is 11.4 Å². The summed E-state index contributed by atoms with van der Waals surface area (Å²) in [6.07, 6.45) is -2.27. The lowest BCUT2D eigenvalue weighted by Crippen LogP contribution is -2.47. The Morgan fingerprint density at radius 2 is 1.85 bits per heavy atom. The van der Waals surface area contributed by atoms with Crippen LogP contribution in [0.15, 0.2) is 48.5 Å². The van der Waals surface area contributed by atoms with E-state index in [1.807, 2.05) is 51.1 Å². The van der Waals surface area contributed by atoms with E-state index in [0.717, 1.165) is 23.8 Å². The molecule has 2 fully saturated rings. The number of aromatic hydroxyl groups is 1. The zero-order valence-corrected chi connectivity index (χ0v) is 19.5. The quantitative estimate of drug-likeness (QED) is 0.528. The lowest BCUT2D eigenvalue weighted by molar-refractivity contribution is -0.170. The summed E-state index contributed by atoms with van der Waals surface area (Å²) in [5.41, 5.74) is 1.59. The predicted molar refractivity (Wildman–Crippen MR) is 120 cm³/mol. The van der Waals surface area contributed by atoms with Crippen molar-refractivity contribution in [3.8, 4) is 5.75 Å². The van der Waals surface area contributed by atoms with Crippen LogP contribution < -0.4 is 5.48 Å². The number of benzene rings is 2. The topological polar surface area (TPSA) is 67.8 Å². The summed E-state index contributed by atoms with van der Waals surface area (Å²) < 4.78 is 45.7. The Hall–Kier alpha value is -2.58. The van der Waals surface area contributed by atoms with Crippen molar-refractivity contribution in [2.45, 2.75) is 75.8 Å². The van der Waals surface area contributed by atoms with Crippen LogP contribution in [-0.2, 0) is 20.5 Å². The molecule has 0 bridgehead atoms. The molecule has 1 aliphatic carbocycles. The largest absolute Gasteiger partial charge is 0.508 e. The highest BCUT2D eigenvalue weighted by atomic mass is 19.4. The SMILES string of the molecule is CC(C)(C)OC(=O)C1CCC[C@@]2(C[C@H](c3cc(C(F)(F)F)ccc3O)NO2)[C@@H]1c1ccccc1. The summed E-state index contributed by atoms with van der Waals surface area (Å²) in [5.74, 6) is -1.37. The van der Waals surface area contributed by atoms with Crippen LogP contribution in [0.25, 0.3) is 0 Å². The molecule has 4 rings (SSSR count). The second-order valence-corrected chi connectivity index (χ2v) is 10.2. The number of hydroxylamine groups is 1. The van der Waals surface area contributed by atoms with Gasteiger partial charge >= 0.3 is 12.1 Å². The van der Waals surface area contributed by atoms with Gasteiger partial charge in [-0.25, -0.2) is 0 Å². The maximum absolute atomic E-state index is 13.3. The van der Waals surface area contributed by atoms with Gasteiger partial charge in [-0.15, -0.1) is 0 Å². The molecular weight excluding hydrogens is 447 g/mol. The Morgan fingerprint density at radius 3 is 2.50 bits per heavy atom. The number of alkyl halides is 3. The number of phenols is 1. The smallest absolute Gasteiger partial charge is 0.416 e. The van der Waals surface area contributed by atoms with E-state index in [-0.39, 0.29) is 23.2 Å². The van der Waals surface area contributed by atoms with Crippen molar-refractivity contribution < 1.29 is 32.6 Å². The van der Waals surface area contributed by atoms with Gasteiger partial charge in [0.25, 0.3) is 0 Å². The summed E-state index contributed by atoms with van der Waals surface area (Å²) in [4.78, 5) is 19.4. The van der Waals surface area contributed by atoms with Crippen LogP contribution >= 0.6 is 0 Å². The van der Waals surface area contributed by atoms with E-state index in [0.29, 0.717) is 25.7 Å². The minimum Gasteiger partial charge on any atom is -0.508 e. The molecule has 2 aliphatic rings. The maximum atomic E-state index is 13.3. The highest BCUT2D eigenvalue weighted by molar-refractivity contribution is 5.75. The molecular formula is C26H30F3NO4. The molecule has 1 heterocycles. The summed E-state index contributed by atoms with van der Waals surface area (Å²) in [5, 5.41) is 10.4. The molecule has 1 saturated carbocycles. The first-order valence-corrected chi connectivity index (χ1v) is 11.5. The second-order valence-electron chi connectivity index (χ2n) is 10.2. The highest BCUT2D eigenvalue weighted by Gasteiger charge is 2.55. The monoisotopic (exact) mass is 477 g/mol. The molecule has 2 aromatic rings. The van der Waals surface area contributed by atoms with Gasteiger partial charge in [-0.2, -0.15) is 18.7 Å². The predicted octanol–water partition coefficient (Wildman–Crippen LogP) is 6.04. The van der Waals surface area contributed by atoms with Gasteiger partial charge in [0.15, 0.2) is 0 Å². The third-order valence-corrected chi connectivity index (χ3v) is 6.64. The van der Waals surface area contributed by atoms with Gasteiger partial charge in [0.2, 0.25) is 0 Å². The summed E-state index contributed by atoms with van der Waals surface area (Å²) >= 11 is 0. The van der Waals surface area contributed by atoms with Crippen molar-refractivity contribution >= 4 is 5.97 Å². The van der Waals surface area contributed by atoms with Crippen LogP contribution in [0.5, 0.6) is 5.75 Å². The van der Waals surface area contributed by atoms with E-state index in [1.165, 1.54) is 0 Å². The third kappa shape index (κ3) is 4.93. The lowest BCUT2D eigenvalue weighted by atomic mass is 9.64. The van der Waals surface area contributed by atoms with E-state index in [9.17, 15) is 23.1 Å². The van der Waals surface area contributed by atoms with Gasteiger partial charge in [-0.3, -0.25) is 9.63 Å². The average Bonchev–Trinajstić information content (AvgIpc) is 3.16. The molecule has 1 saturated heterocycles. The third-order valence-electron chi connectivity index (χ3n) is 6.64. The number of carbonyl (C=O) groups excluding carboxylic acids is 1. The van der Waals surface area contributed by atoms with Crippen molar-refractivity contribution in [2.75, 3.05) is 0 Å². The van der Waals surface area contributed by atoms with Gasteiger partial charge in [0.05, 0.1) is 23.1 Å². The number of phenolic OH excluding ortho intramolecular Hbond substituents is 1. The van der Waals surface area contributed by atoms with Gasteiger partial charge in [0, 0.05) is 17.9 Å². The zero-order valence-electron chi connectivity index (χ0n) is 19.5. The van der Waals surface area contributed by atoms with Crippen molar-refractivity contribution in [2.24, 2.45) is 5.92 Å². The normalized spacial score (nSPS) is 27.6. The van der Waals surface area contributed by atoms with E-state index in [2.05, 4.69) is 5.48 Å². The first-order valence-electron chi connectivity index (χ1n) is 11.5. The highest BCUT2D eigenvalue weighted by Crippen LogP contribution is 2.54. The lowest BCUT2D eigenvalue weighted by Gasteiger charge is -2.44. The van der Waals surface area contributed by atoms with E-state index in [1.54, 1.807) is 0 Å². The molecule has 2 aromatic carbocycles. The fourth-order valence-corrected chi connectivity index (χ4v) is 5.28. The molecule has 4 atom stereocenters. The number of halogens is 3. The molecule has 1 aliphatic heterocycles. The molecule has 1 unspecified atom stereocenters. The molecule has 0 radical (unpaired) electrons. The zero-order chi connectivity index (χ0) is 24.7. The van der Waals surface area contributed by atoms with Gasteiger partial charge in [-0.1, -0.05) is 30.3 Å². The fourth-order valence-electron chi connectivity index (χ4n) is 5.28. The van der Waals surface area contributed by atoms with Crippen molar-refractivity contribution in [3.05, 3.63) is 65.2 Å². The van der Waals surface area contributed by atoms with Crippen LogP contribution in [0.2, 0.25) is 0 Å². The van der Waals surface area contributed by atoms with Crippen LogP contribution in [0.4, 0.5) is 13.2 Å². The number of hydrogen-bond acceptors (Lipinski definition) is 5. The minimum absolute atomic E-state index is 0.123. The van der Waals surface area contributed by atoms with E-state index < -0.39 is 34.9 Å². The average molecular weight is 478 g/mol. The van der Waals surface area contributed by atoms with Crippen LogP contribution in [0, 0.1) is 5.92 Å². The number of rotatable bonds is 3. The fraction of sp³-hybridized carbons (Fsp3) is 0.500.